The molecule has 0 spiro atoms. The van der Waals surface area contributed by atoms with Gasteiger partial charge in [-0.1, -0.05) is 6.92 Å². The number of rotatable bonds is 6. The van der Waals surface area contributed by atoms with Crippen LogP contribution in [0.15, 0.2) is 0 Å². The van der Waals surface area contributed by atoms with E-state index in [0.717, 1.165) is 13.1 Å². The highest BCUT2D eigenvalue weighted by Crippen LogP contribution is 2.19. The summed E-state index contributed by atoms with van der Waals surface area (Å²) >= 11 is 0. The first kappa shape index (κ1) is 15.9. The van der Waals surface area contributed by atoms with E-state index in [4.69, 9.17) is 4.74 Å². The molecule has 2 atom stereocenters. The van der Waals surface area contributed by atoms with Crippen molar-refractivity contribution in [3.63, 3.8) is 0 Å². The SMILES string of the molecule is COC1CN(CCCCNC(C)(C)C)CCC1C. The van der Waals surface area contributed by atoms with Crippen molar-refractivity contribution < 1.29 is 4.74 Å². The summed E-state index contributed by atoms with van der Waals surface area (Å²) in [5.74, 6) is 0.716. The summed E-state index contributed by atoms with van der Waals surface area (Å²) < 4.78 is 5.55. The summed E-state index contributed by atoms with van der Waals surface area (Å²) in [5, 5.41) is 3.54. The van der Waals surface area contributed by atoms with Crippen LogP contribution in [0.3, 0.4) is 0 Å². The summed E-state index contributed by atoms with van der Waals surface area (Å²) in [6, 6.07) is 0. The summed E-state index contributed by atoms with van der Waals surface area (Å²) in [4.78, 5) is 2.56. The van der Waals surface area contributed by atoms with Crippen molar-refractivity contribution in [2.45, 2.75) is 58.6 Å². The fourth-order valence-electron chi connectivity index (χ4n) is 2.53. The number of nitrogens with zero attached hydrogens (tertiary/aromatic N) is 1. The van der Waals surface area contributed by atoms with Crippen LogP contribution < -0.4 is 5.32 Å². The average Bonchev–Trinajstić information content (AvgIpc) is 2.29. The molecular formula is C15H32N2O. The lowest BCUT2D eigenvalue weighted by Crippen LogP contribution is -2.44. The monoisotopic (exact) mass is 256 g/mol. The molecule has 1 N–H and O–H groups in total. The first-order valence-electron chi connectivity index (χ1n) is 7.42. The highest BCUT2D eigenvalue weighted by molar-refractivity contribution is 4.78. The maximum atomic E-state index is 5.55. The average molecular weight is 256 g/mol. The van der Waals surface area contributed by atoms with E-state index in [1.165, 1.54) is 32.4 Å². The molecule has 18 heavy (non-hydrogen) atoms. The third-order valence-electron chi connectivity index (χ3n) is 3.83. The molecule has 0 radical (unpaired) electrons. The van der Waals surface area contributed by atoms with Crippen molar-refractivity contribution in [3.8, 4) is 0 Å². The molecule has 0 aromatic carbocycles. The van der Waals surface area contributed by atoms with Crippen molar-refractivity contribution in [2.75, 3.05) is 33.3 Å². The molecule has 1 aliphatic heterocycles. The van der Waals surface area contributed by atoms with Crippen molar-refractivity contribution >= 4 is 0 Å². The lowest BCUT2D eigenvalue weighted by Gasteiger charge is -2.36. The van der Waals surface area contributed by atoms with E-state index in [9.17, 15) is 0 Å². The number of methoxy groups -OCH3 is 1. The van der Waals surface area contributed by atoms with E-state index in [0.29, 0.717) is 12.0 Å². The zero-order chi connectivity index (χ0) is 13.6. The van der Waals surface area contributed by atoms with Crippen LogP contribution in [0.4, 0.5) is 0 Å². The fraction of sp³-hybridized carbons (Fsp3) is 1.00. The molecule has 1 rings (SSSR count). The highest BCUT2D eigenvalue weighted by atomic mass is 16.5. The van der Waals surface area contributed by atoms with Gasteiger partial charge in [0, 0.05) is 19.2 Å². The van der Waals surface area contributed by atoms with Gasteiger partial charge in [0.2, 0.25) is 0 Å². The summed E-state index contributed by atoms with van der Waals surface area (Å²) in [5.41, 5.74) is 0.252. The molecule has 1 heterocycles. The zero-order valence-electron chi connectivity index (χ0n) is 13.0. The number of ether oxygens (including phenoxy) is 1. The number of hydrogen-bond donors (Lipinski definition) is 1. The second-order valence-corrected chi connectivity index (χ2v) is 6.72. The first-order chi connectivity index (χ1) is 8.42. The number of unbranched alkanes of at least 4 members (excludes halogenated alkanes) is 1. The lowest BCUT2D eigenvalue weighted by atomic mass is 9.95. The molecule has 1 aliphatic rings. The molecular weight excluding hydrogens is 224 g/mol. The van der Waals surface area contributed by atoms with Gasteiger partial charge in [0.25, 0.3) is 0 Å². The third-order valence-corrected chi connectivity index (χ3v) is 3.83. The molecule has 0 aromatic heterocycles. The molecule has 1 saturated heterocycles. The first-order valence-corrected chi connectivity index (χ1v) is 7.42. The Morgan fingerprint density at radius 3 is 2.61 bits per heavy atom. The summed E-state index contributed by atoms with van der Waals surface area (Å²) in [7, 11) is 1.85. The van der Waals surface area contributed by atoms with E-state index in [-0.39, 0.29) is 5.54 Å². The minimum Gasteiger partial charge on any atom is -0.380 e. The van der Waals surface area contributed by atoms with Gasteiger partial charge in [0.15, 0.2) is 0 Å². The Hall–Kier alpha value is -0.120. The predicted octanol–water partition coefficient (Wildman–Crippen LogP) is 2.51. The Balaban J connectivity index is 2.09. The van der Waals surface area contributed by atoms with Gasteiger partial charge in [-0.05, 0) is 65.6 Å². The van der Waals surface area contributed by atoms with E-state index in [1.54, 1.807) is 0 Å². The van der Waals surface area contributed by atoms with Crippen LogP contribution in [0.2, 0.25) is 0 Å². The zero-order valence-corrected chi connectivity index (χ0v) is 13.0. The van der Waals surface area contributed by atoms with Gasteiger partial charge in [-0.15, -0.1) is 0 Å². The lowest BCUT2D eigenvalue weighted by molar-refractivity contribution is -0.00523. The van der Waals surface area contributed by atoms with Gasteiger partial charge >= 0.3 is 0 Å². The molecule has 0 bridgehead atoms. The van der Waals surface area contributed by atoms with Crippen LogP contribution in [0.1, 0.15) is 47.0 Å². The minimum atomic E-state index is 0.252. The molecule has 2 unspecified atom stereocenters. The summed E-state index contributed by atoms with van der Waals surface area (Å²) in [6.45, 7) is 13.7. The van der Waals surface area contributed by atoms with Crippen molar-refractivity contribution in [3.05, 3.63) is 0 Å². The van der Waals surface area contributed by atoms with Crippen LogP contribution in [0, 0.1) is 5.92 Å². The topological polar surface area (TPSA) is 24.5 Å². The van der Waals surface area contributed by atoms with Gasteiger partial charge < -0.3 is 15.0 Å². The second kappa shape index (κ2) is 7.46. The maximum absolute atomic E-state index is 5.55. The molecule has 3 nitrogen and oxygen atoms in total. The molecule has 1 fully saturated rings. The third kappa shape index (κ3) is 6.17. The molecule has 0 saturated carbocycles. The Morgan fingerprint density at radius 2 is 2.00 bits per heavy atom. The highest BCUT2D eigenvalue weighted by Gasteiger charge is 2.25. The van der Waals surface area contributed by atoms with Gasteiger partial charge in [0.1, 0.15) is 0 Å². The fourth-order valence-corrected chi connectivity index (χ4v) is 2.53. The largest absolute Gasteiger partial charge is 0.380 e. The van der Waals surface area contributed by atoms with E-state index in [2.05, 4.69) is 37.9 Å². The smallest absolute Gasteiger partial charge is 0.0724 e. The minimum absolute atomic E-state index is 0.252. The van der Waals surface area contributed by atoms with Crippen LogP contribution in [0.25, 0.3) is 0 Å². The Morgan fingerprint density at radius 1 is 1.28 bits per heavy atom. The summed E-state index contributed by atoms with van der Waals surface area (Å²) in [6.07, 6.45) is 4.26. The van der Waals surface area contributed by atoms with Crippen molar-refractivity contribution in [1.82, 2.24) is 10.2 Å². The molecule has 0 aromatic rings. The quantitative estimate of drug-likeness (QED) is 0.739. The van der Waals surface area contributed by atoms with Crippen LogP contribution in [-0.2, 0) is 4.74 Å². The molecule has 3 heteroatoms. The molecule has 0 amide bonds. The van der Waals surface area contributed by atoms with E-state index in [1.807, 2.05) is 7.11 Å². The van der Waals surface area contributed by atoms with Gasteiger partial charge in [-0.2, -0.15) is 0 Å². The number of piperidine rings is 1. The number of hydrogen-bond acceptors (Lipinski definition) is 3. The predicted molar refractivity (Wildman–Crippen MR) is 78.0 cm³/mol. The Labute approximate surface area is 113 Å². The van der Waals surface area contributed by atoms with Crippen molar-refractivity contribution in [1.29, 1.82) is 0 Å². The normalized spacial score (nSPS) is 26.5. The Kier molecular flexibility index (Phi) is 6.61. The molecule has 0 aliphatic carbocycles. The maximum Gasteiger partial charge on any atom is 0.0724 e. The number of nitrogens with one attached hydrogen (secondary N) is 1. The van der Waals surface area contributed by atoms with Gasteiger partial charge in [-0.25, -0.2) is 0 Å². The van der Waals surface area contributed by atoms with Gasteiger partial charge in [-0.3, -0.25) is 0 Å². The van der Waals surface area contributed by atoms with Crippen LogP contribution in [-0.4, -0.2) is 49.8 Å². The Bertz CT molecular complexity index is 225. The van der Waals surface area contributed by atoms with Gasteiger partial charge in [0.05, 0.1) is 6.10 Å². The second-order valence-electron chi connectivity index (χ2n) is 6.72. The standard InChI is InChI=1S/C15H32N2O/c1-13-8-11-17(12-14(13)18-5)10-7-6-9-16-15(2,3)4/h13-14,16H,6-12H2,1-5H3. The molecule has 108 valence electrons. The van der Waals surface area contributed by atoms with E-state index < -0.39 is 0 Å². The number of likely N-dealkylation sites (tertiary alicyclic amines) is 1. The van der Waals surface area contributed by atoms with E-state index >= 15 is 0 Å². The van der Waals surface area contributed by atoms with Crippen molar-refractivity contribution in [2.24, 2.45) is 5.92 Å². The van der Waals surface area contributed by atoms with Crippen LogP contribution in [0.5, 0.6) is 0 Å². The van der Waals surface area contributed by atoms with Crippen LogP contribution >= 0.6 is 0 Å².